The number of anilines is 1. The topological polar surface area (TPSA) is 19.0 Å². The first-order valence-corrected chi connectivity index (χ1v) is 15.4. The molecule has 0 bridgehead atoms. The number of aromatic nitrogens is 1. The molecule has 0 spiro atoms. The van der Waals surface area contributed by atoms with E-state index >= 15 is 0 Å². The van der Waals surface area contributed by atoms with Crippen LogP contribution in [0.5, 0.6) is 0 Å². The van der Waals surface area contributed by atoms with Gasteiger partial charge in [0.2, 0.25) is 0 Å². The number of allylic oxidation sites excluding steroid dienone is 4. The maximum Gasteiger partial charge on any atom is 0.0583 e. The molecule has 2 aliphatic carbocycles. The summed E-state index contributed by atoms with van der Waals surface area (Å²) in [5.74, 6) is 0.483. The van der Waals surface area contributed by atoms with Crippen LogP contribution in [-0.2, 0) is 0 Å². The zero-order chi connectivity index (χ0) is 27.1. The molecule has 1 fully saturated rings. The van der Waals surface area contributed by atoms with Gasteiger partial charge in [-0.3, -0.25) is 0 Å². The molecule has 202 valence electrons. The van der Waals surface area contributed by atoms with Crippen LogP contribution < -0.4 is 4.90 Å². The van der Waals surface area contributed by atoms with Crippen molar-refractivity contribution in [2.75, 3.05) is 4.90 Å². The highest BCUT2D eigenvalue weighted by atomic mass is 15.2. The summed E-state index contributed by atoms with van der Waals surface area (Å²) < 4.78 is 0. The Labute approximate surface area is 238 Å². The Balaban J connectivity index is 1.21. The van der Waals surface area contributed by atoms with E-state index in [1.54, 1.807) is 11.1 Å². The Morgan fingerprint density at radius 3 is 2.38 bits per heavy atom. The van der Waals surface area contributed by atoms with Crippen molar-refractivity contribution in [1.29, 1.82) is 0 Å². The van der Waals surface area contributed by atoms with Gasteiger partial charge in [-0.1, -0.05) is 105 Å². The zero-order valence-electron chi connectivity index (χ0n) is 23.9. The van der Waals surface area contributed by atoms with Crippen molar-refractivity contribution in [2.45, 2.75) is 70.9 Å². The molecule has 1 aromatic heterocycles. The van der Waals surface area contributed by atoms with E-state index in [9.17, 15) is 0 Å². The van der Waals surface area contributed by atoms with Gasteiger partial charge in [0, 0.05) is 33.4 Å². The smallest absolute Gasteiger partial charge is 0.0583 e. The van der Waals surface area contributed by atoms with Crippen molar-refractivity contribution >= 4 is 27.5 Å². The maximum absolute atomic E-state index is 3.56. The number of hydrogen-bond donors (Lipinski definition) is 1. The second-order valence-electron chi connectivity index (χ2n) is 11.9. The van der Waals surface area contributed by atoms with E-state index in [-0.39, 0.29) is 0 Å². The zero-order valence-corrected chi connectivity index (χ0v) is 23.9. The Morgan fingerprint density at radius 1 is 0.800 bits per heavy atom. The van der Waals surface area contributed by atoms with Gasteiger partial charge in [-0.2, -0.15) is 0 Å². The number of unbranched alkanes of at least 4 members (excludes halogenated alkanes) is 2. The predicted molar refractivity (Wildman–Crippen MR) is 172 cm³/mol. The van der Waals surface area contributed by atoms with Crippen LogP contribution in [0.2, 0.25) is 0 Å². The fourth-order valence-corrected chi connectivity index (χ4v) is 7.16. The molecule has 3 aromatic carbocycles. The second-order valence-corrected chi connectivity index (χ2v) is 11.9. The molecule has 4 aromatic rings. The van der Waals surface area contributed by atoms with Crippen molar-refractivity contribution < 1.29 is 0 Å². The summed E-state index contributed by atoms with van der Waals surface area (Å²) in [6.07, 6.45) is 21.2. The van der Waals surface area contributed by atoms with Gasteiger partial charge in [0.1, 0.15) is 0 Å². The number of nitrogens with zero attached hydrogens (tertiary/aromatic N) is 1. The fourth-order valence-electron chi connectivity index (χ4n) is 7.16. The van der Waals surface area contributed by atoms with Crippen molar-refractivity contribution in [2.24, 2.45) is 5.92 Å². The van der Waals surface area contributed by atoms with Crippen LogP contribution >= 0.6 is 0 Å². The number of fused-ring (bicyclic) bond motifs is 6. The predicted octanol–water partition coefficient (Wildman–Crippen LogP) is 10.3. The largest absolute Gasteiger partial charge is 0.357 e. The number of H-pyrrole nitrogens is 1. The Hall–Kier alpha value is -3.78. The normalized spacial score (nSPS) is 21.8. The van der Waals surface area contributed by atoms with Crippen LogP contribution in [0.25, 0.3) is 32.9 Å². The summed E-state index contributed by atoms with van der Waals surface area (Å²) in [5, 5.41) is 2.58. The molecular weight excluding hydrogens is 484 g/mol. The maximum atomic E-state index is 3.56. The van der Waals surface area contributed by atoms with Crippen molar-refractivity contribution in [3.8, 4) is 11.1 Å². The van der Waals surface area contributed by atoms with Crippen molar-refractivity contribution in [1.82, 2.24) is 4.98 Å². The SMILES string of the molecule is CCCCC1=CCC2C(=C1)C1C=C(CCCC)C=CC1N2c1ccc(-c2ccc3[nH]c4ccccc4c3c2)cc1. The third kappa shape index (κ3) is 4.44. The highest BCUT2D eigenvalue weighted by molar-refractivity contribution is 6.08. The molecule has 0 saturated carbocycles. The van der Waals surface area contributed by atoms with E-state index < -0.39 is 0 Å². The summed E-state index contributed by atoms with van der Waals surface area (Å²) >= 11 is 0. The minimum atomic E-state index is 0.397. The van der Waals surface area contributed by atoms with Gasteiger partial charge in [-0.15, -0.1) is 0 Å². The average molecular weight is 525 g/mol. The monoisotopic (exact) mass is 524 g/mol. The molecule has 1 N–H and O–H groups in total. The summed E-state index contributed by atoms with van der Waals surface area (Å²) in [6.45, 7) is 4.59. The molecule has 3 unspecified atom stereocenters. The summed E-state index contributed by atoms with van der Waals surface area (Å²) in [7, 11) is 0. The van der Waals surface area contributed by atoms with Crippen LogP contribution in [0.15, 0.2) is 114 Å². The van der Waals surface area contributed by atoms with E-state index in [1.165, 1.54) is 82.7 Å². The Morgan fingerprint density at radius 2 is 1.55 bits per heavy atom. The number of nitrogens with one attached hydrogen (secondary N) is 1. The third-order valence-electron chi connectivity index (χ3n) is 9.29. The fraction of sp³-hybridized carbons (Fsp3) is 0.316. The lowest BCUT2D eigenvalue weighted by molar-refractivity contribution is 0.663. The van der Waals surface area contributed by atoms with Gasteiger partial charge in [0.15, 0.2) is 0 Å². The molecule has 1 aliphatic heterocycles. The van der Waals surface area contributed by atoms with E-state index in [4.69, 9.17) is 0 Å². The molecule has 40 heavy (non-hydrogen) atoms. The standard InChI is InChI=1S/C38H40N2/c1-3-5-9-26-13-21-37-33(23-26)34-24-27(10-6-4-2)14-22-38(34)40(37)30-18-15-28(16-19-30)29-17-20-36-32(25-29)31-11-7-8-12-35(31)39-36/h7-8,11-21,23-25,33,37-39H,3-6,9-10,22H2,1-2H3. The first-order valence-electron chi connectivity index (χ1n) is 15.4. The summed E-state index contributed by atoms with van der Waals surface area (Å²) in [5.41, 5.74) is 11.0. The molecule has 2 heteroatoms. The molecule has 1 saturated heterocycles. The van der Waals surface area contributed by atoms with Crippen LogP contribution in [-0.4, -0.2) is 17.1 Å². The summed E-state index contributed by atoms with van der Waals surface area (Å²) in [6, 6.07) is 25.6. The third-order valence-corrected chi connectivity index (χ3v) is 9.29. The molecule has 2 heterocycles. The molecule has 3 aliphatic rings. The lowest BCUT2D eigenvalue weighted by Gasteiger charge is -2.33. The van der Waals surface area contributed by atoms with E-state index in [0.29, 0.717) is 18.0 Å². The number of benzene rings is 3. The molecule has 3 atom stereocenters. The molecule has 0 amide bonds. The lowest BCUT2D eigenvalue weighted by atomic mass is 9.82. The van der Waals surface area contributed by atoms with Crippen molar-refractivity contribution in [3.63, 3.8) is 0 Å². The van der Waals surface area contributed by atoms with Crippen LogP contribution in [0, 0.1) is 5.92 Å². The van der Waals surface area contributed by atoms with Gasteiger partial charge in [-0.25, -0.2) is 0 Å². The molecule has 2 nitrogen and oxygen atoms in total. The molecule has 7 rings (SSSR count). The van der Waals surface area contributed by atoms with Gasteiger partial charge in [-0.05, 0) is 79.1 Å². The highest BCUT2D eigenvalue weighted by Crippen LogP contribution is 2.46. The number of hydrogen-bond acceptors (Lipinski definition) is 1. The second kappa shape index (κ2) is 10.7. The Bertz CT molecular complexity index is 1660. The van der Waals surface area contributed by atoms with Crippen LogP contribution in [0.3, 0.4) is 0 Å². The molecule has 0 radical (unpaired) electrons. The van der Waals surface area contributed by atoms with Gasteiger partial charge < -0.3 is 9.88 Å². The summed E-state index contributed by atoms with van der Waals surface area (Å²) in [4.78, 5) is 6.26. The van der Waals surface area contributed by atoms with Gasteiger partial charge >= 0.3 is 0 Å². The minimum absolute atomic E-state index is 0.397. The number of aromatic amines is 1. The average Bonchev–Trinajstić information content (AvgIpc) is 3.53. The number of para-hydroxylation sites is 1. The lowest BCUT2D eigenvalue weighted by Crippen LogP contribution is -2.37. The first-order chi connectivity index (χ1) is 19.7. The van der Waals surface area contributed by atoms with Crippen LogP contribution in [0.1, 0.15) is 58.8 Å². The van der Waals surface area contributed by atoms with E-state index in [2.05, 4.69) is 121 Å². The number of rotatable bonds is 8. The Kier molecular flexibility index (Phi) is 6.71. The van der Waals surface area contributed by atoms with E-state index in [0.717, 1.165) is 6.42 Å². The highest BCUT2D eigenvalue weighted by Gasteiger charge is 2.44. The van der Waals surface area contributed by atoms with Crippen LogP contribution in [0.4, 0.5) is 5.69 Å². The van der Waals surface area contributed by atoms with Crippen molar-refractivity contribution in [3.05, 3.63) is 114 Å². The quantitative estimate of drug-likeness (QED) is 0.243. The van der Waals surface area contributed by atoms with E-state index in [1.807, 2.05) is 0 Å². The first kappa shape index (κ1) is 25.2. The minimum Gasteiger partial charge on any atom is -0.357 e. The van der Waals surface area contributed by atoms with Gasteiger partial charge in [0.25, 0.3) is 0 Å². The molecular formula is C38H40N2. The van der Waals surface area contributed by atoms with Gasteiger partial charge in [0.05, 0.1) is 12.1 Å².